The van der Waals surface area contributed by atoms with Gasteiger partial charge in [0.1, 0.15) is 12.6 Å². The van der Waals surface area contributed by atoms with Crippen molar-refractivity contribution in [3.05, 3.63) is 93.5 Å². The third-order valence-corrected chi connectivity index (χ3v) is 9.08. The van der Waals surface area contributed by atoms with Crippen LogP contribution in [0.5, 0.6) is 0 Å². The molecule has 7 nitrogen and oxygen atoms in total. The lowest BCUT2D eigenvalue weighted by Gasteiger charge is -2.32. The van der Waals surface area contributed by atoms with Crippen LogP contribution in [0, 0.1) is 13.8 Å². The number of rotatable bonds is 11. The zero-order valence-electron chi connectivity index (χ0n) is 23.3. The van der Waals surface area contributed by atoms with E-state index in [1.54, 1.807) is 55.5 Å². The van der Waals surface area contributed by atoms with Gasteiger partial charge in [-0.2, -0.15) is 0 Å². The van der Waals surface area contributed by atoms with E-state index in [1.165, 1.54) is 17.0 Å². The molecule has 2 amide bonds. The summed E-state index contributed by atoms with van der Waals surface area (Å²) in [7, 11) is -4.13. The Morgan fingerprint density at radius 1 is 0.925 bits per heavy atom. The van der Waals surface area contributed by atoms with Gasteiger partial charge >= 0.3 is 0 Å². The van der Waals surface area contributed by atoms with Crippen LogP contribution in [0.4, 0.5) is 5.69 Å². The minimum absolute atomic E-state index is 0.0177. The van der Waals surface area contributed by atoms with Gasteiger partial charge < -0.3 is 10.2 Å². The van der Waals surface area contributed by atoms with Gasteiger partial charge in [0.2, 0.25) is 11.8 Å². The van der Waals surface area contributed by atoms with Crippen molar-refractivity contribution < 1.29 is 18.0 Å². The fourth-order valence-corrected chi connectivity index (χ4v) is 5.91. The highest BCUT2D eigenvalue weighted by atomic mass is 35.5. The third kappa shape index (κ3) is 7.77. The second kappa shape index (κ2) is 13.5. The summed E-state index contributed by atoms with van der Waals surface area (Å²) in [4.78, 5) is 28.6. The fourth-order valence-electron chi connectivity index (χ4n) is 4.03. The number of hydrogen-bond acceptors (Lipinski definition) is 4. The van der Waals surface area contributed by atoms with Crippen molar-refractivity contribution in [2.45, 2.75) is 64.6 Å². The second-order valence-corrected chi connectivity index (χ2v) is 12.6. The normalized spacial score (nSPS) is 12.9. The Bertz CT molecular complexity index is 1460. The molecule has 2 atom stereocenters. The van der Waals surface area contributed by atoms with E-state index < -0.39 is 28.5 Å². The van der Waals surface area contributed by atoms with E-state index in [2.05, 4.69) is 5.32 Å². The minimum atomic E-state index is -4.13. The summed E-state index contributed by atoms with van der Waals surface area (Å²) in [5, 5.41) is 3.68. The van der Waals surface area contributed by atoms with Crippen LogP contribution in [-0.2, 0) is 26.2 Å². The van der Waals surface area contributed by atoms with Crippen molar-refractivity contribution in [1.29, 1.82) is 0 Å². The fraction of sp³-hybridized carbons (Fsp3) is 0.333. The van der Waals surface area contributed by atoms with Gasteiger partial charge in [-0.25, -0.2) is 8.42 Å². The average molecular weight is 605 g/mol. The molecule has 0 spiro atoms. The van der Waals surface area contributed by atoms with Crippen molar-refractivity contribution in [2.24, 2.45) is 0 Å². The molecule has 0 fully saturated rings. The topological polar surface area (TPSA) is 86.8 Å². The molecule has 0 bridgehead atoms. The van der Waals surface area contributed by atoms with Gasteiger partial charge in [0, 0.05) is 22.6 Å². The molecule has 0 aromatic heterocycles. The zero-order valence-corrected chi connectivity index (χ0v) is 25.6. The summed E-state index contributed by atoms with van der Waals surface area (Å²) in [6.07, 6.45) is 0.714. The van der Waals surface area contributed by atoms with Crippen molar-refractivity contribution in [3.63, 3.8) is 0 Å². The molecule has 0 aliphatic rings. The van der Waals surface area contributed by atoms with Crippen LogP contribution in [0.2, 0.25) is 10.0 Å². The molecule has 3 rings (SSSR count). The van der Waals surface area contributed by atoms with Crippen LogP contribution >= 0.6 is 23.2 Å². The number of nitrogens with one attached hydrogen (secondary N) is 1. The number of carbonyl (C=O) groups is 2. The summed E-state index contributed by atoms with van der Waals surface area (Å²) >= 11 is 12.5. The van der Waals surface area contributed by atoms with Crippen molar-refractivity contribution in [1.82, 2.24) is 10.2 Å². The van der Waals surface area contributed by atoms with Gasteiger partial charge in [-0.15, -0.1) is 0 Å². The lowest BCUT2D eigenvalue weighted by Crippen LogP contribution is -2.52. The van der Waals surface area contributed by atoms with E-state index in [4.69, 9.17) is 23.2 Å². The largest absolute Gasteiger partial charge is 0.352 e. The van der Waals surface area contributed by atoms with E-state index in [1.807, 2.05) is 33.8 Å². The zero-order chi connectivity index (χ0) is 29.6. The molecule has 3 aromatic carbocycles. The van der Waals surface area contributed by atoms with Crippen LogP contribution < -0.4 is 9.62 Å². The highest BCUT2D eigenvalue weighted by Gasteiger charge is 2.33. The molecule has 0 aliphatic carbocycles. The monoisotopic (exact) mass is 603 g/mol. The van der Waals surface area contributed by atoms with Crippen LogP contribution in [0.1, 0.15) is 43.9 Å². The first-order valence-corrected chi connectivity index (χ1v) is 15.2. The molecular formula is C30H35Cl2N3O4S. The van der Waals surface area contributed by atoms with E-state index in [0.717, 1.165) is 15.4 Å². The first-order valence-electron chi connectivity index (χ1n) is 13.0. The minimum Gasteiger partial charge on any atom is -0.352 e. The molecule has 3 aromatic rings. The Balaban J connectivity index is 2.05. The molecule has 40 heavy (non-hydrogen) atoms. The number of anilines is 1. The van der Waals surface area contributed by atoms with Gasteiger partial charge in [-0.3, -0.25) is 13.9 Å². The molecular weight excluding hydrogens is 569 g/mol. The lowest BCUT2D eigenvalue weighted by atomic mass is 10.1. The molecule has 0 unspecified atom stereocenters. The first kappa shape index (κ1) is 31.5. The van der Waals surface area contributed by atoms with Gasteiger partial charge in [0.05, 0.1) is 10.6 Å². The van der Waals surface area contributed by atoms with Crippen molar-refractivity contribution in [3.8, 4) is 0 Å². The highest BCUT2D eigenvalue weighted by molar-refractivity contribution is 7.92. The van der Waals surface area contributed by atoms with Crippen LogP contribution in [0.25, 0.3) is 0 Å². The quantitative estimate of drug-likeness (QED) is 0.285. The summed E-state index contributed by atoms with van der Waals surface area (Å²) in [5.41, 5.74) is 2.66. The Morgan fingerprint density at radius 2 is 1.60 bits per heavy atom. The predicted octanol–water partition coefficient (Wildman–Crippen LogP) is 6.14. The maximum atomic E-state index is 14.0. The lowest BCUT2D eigenvalue weighted by molar-refractivity contribution is -0.139. The Kier molecular flexibility index (Phi) is 10.6. The maximum Gasteiger partial charge on any atom is 0.264 e. The number of benzene rings is 3. The van der Waals surface area contributed by atoms with Gasteiger partial charge in [0.15, 0.2) is 0 Å². The Hall–Kier alpha value is -3.07. The number of carbonyl (C=O) groups excluding carboxylic acids is 2. The SMILES string of the molecule is CC[C@H](C)NC(=O)[C@@H](C)N(Cc1ccc(Cl)cc1Cl)C(=O)CN(c1cccc(C)c1)S(=O)(=O)c1ccc(C)cc1. The molecule has 0 radical (unpaired) electrons. The van der Waals surface area contributed by atoms with E-state index in [9.17, 15) is 18.0 Å². The highest BCUT2D eigenvalue weighted by Crippen LogP contribution is 2.27. The van der Waals surface area contributed by atoms with E-state index >= 15 is 0 Å². The summed E-state index contributed by atoms with van der Waals surface area (Å²) in [5.74, 6) is -0.911. The number of nitrogens with zero attached hydrogens (tertiary/aromatic N) is 2. The molecule has 0 saturated carbocycles. The van der Waals surface area contributed by atoms with Gasteiger partial charge in [0.25, 0.3) is 10.0 Å². The van der Waals surface area contributed by atoms with Crippen LogP contribution in [0.3, 0.4) is 0 Å². The van der Waals surface area contributed by atoms with E-state index in [-0.39, 0.29) is 23.4 Å². The predicted molar refractivity (Wildman–Crippen MR) is 161 cm³/mol. The second-order valence-electron chi connectivity index (χ2n) is 9.91. The average Bonchev–Trinajstić information content (AvgIpc) is 2.90. The van der Waals surface area contributed by atoms with Crippen molar-refractivity contribution >= 4 is 50.7 Å². The Labute approximate surface area is 247 Å². The number of amides is 2. The number of hydrogen-bond donors (Lipinski definition) is 1. The van der Waals surface area contributed by atoms with Crippen LogP contribution in [0.15, 0.2) is 71.6 Å². The molecule has 0 heterocycles. The smallest absolute Gasteiger partial charge is 0.264 e. The number of halogens is 2. The van der Waals surface area contributed by atoms with E-state index in [0.29, 0.717) is 27.7 Å². The van der Waals surface area contributed by atoms with Gasteiger partial charge in [-0.1, -0.05) is 66.0 Å². The molecule has 1 N–H and O–H groups in total. The molecule has 0 saturated heterocycles. The number of aryl methyl sites for hydroxylation is 2. The van der Waals surface area contributed by atoms with Gasteiger partial charge in [-0.05, 0) is 81.6 Å². The van der Waals surface area contributed by atoms with Crippen LogP contribution in [-0.4, -0.2) is 43.8 Å². The summed E-state index contributed by atoms with van der Waals surface area (Å²) in [6, 6.07) is 17.3. The molecule has 0 aliphatic heterocycles. The third-order valence-electron chi connectivity index (χ3n) is 6.70. The standard InChI is InChI=1S/C30H35Cl2N3O4S/c1-6-22(4)33-30(37)23(5)34(18-24-12-13-25(31)17-28(24)32)29(36)19-35(26-9-7-8-21(3)16-26)40(38,39)27-14-10-20(2)11-15-27/h7-17,22-23H,6,18-19H2,1-5H3,(H,33,37)/t22-,23+/m0/s1. The maximum absolute atomic E-state index is 14.0. The summed E-state index contributed by atoms with van der Waals surface area (Å²) in [6.45, 7) is 8.61. The summed E-state index contributed by atoms with van der Waals surface area (Å²) < 4.78 is 28.9. The molecule has 214 valence electrons. The first-order chi connectivity index (χ1) is 18.8. The van der Waals surface area contributed by atoms with Crippen molar-refractivity contribution in [2.75, 3.05) is 10.8 Å². The number of sulfonamides is 1. The molecule has 10 heteroatoms. The Morgan fingerprint density at radius 3 is 2.20 bits per heavy atom.